The number of nitrogens with one attached hydrogen (secondary N) is 1. The molecular formula is C23H21FN4O2S. The van der Waals surface area contributed by atoms with Gasteiger partial charge in [0.15, 0.2) is 11.0 Å². The fraction of sp³-hybridized carbons (Fsp3) is 0.174. The number of aromatic nitrogens is 3. The van der Waals surface area contributed by atoms with Gasteiger partial charge in [0, 0.05) is 5.69 Å². The lowest BCUT2D eigenvalue weighted by Crippen LogP contribution is -2.14. The summed E-state index contributed by atoms with van der Waals surface area (Å²) in [6.45, 7) is 2.41. The van der Waals surface area contributed by atoms with Gasteiger partial charge in [0.1, 0.15) is 11.6 Å². The van der Waals surface area contributed by atoms with E-state index in [-0.39, 0.29) is 17.5 Å². The molecule has 0 atom stereocenters. The molecule has 31 heavy (non-hydrogen) atoms. The van der Waals surface area contributed by atoms with Crippen molar-refractivity contribution in [3.05, 3.63) is 84.1 Å². The van der Waals surface area contributed by atoms with E-state index in [4.69, 9.17) is 4.42 Å². The molecule has 0 aliphatic rings. The number of aryl methyl sites for hydroxylation is 1. The van der Waals surface area contributed by atoms with Crippen LogP contribution in [-0.2, 0) is 17.8 Å². The number of carbonyl (C=O) groups is 1. The molecule has 2 aromatic carbocycles. The topological polar surface area (TPSA) is 73.0 Å². The van der Waals surface area contributed by atoms with Crippen LogP contribution in [-0.4, -0.2) is 26.4 Å². The summed E-state index contributed by atoms with van der Waals surface area (Å²) < 4.78 is 21.6. The molecule has 0 spiro atoms. The van der Waals surface area contributed by atoms with Gasteiger partial charge in [-0.05, 0) is 48.4 Å². The smallest absolute Gasteiger partial charge is 0.234 e. The van der Waals surface area contributed by atoms with Gasteiger partial charge < -0.3 is 9.73 Å². The lowest BCUT2D eigenvalue weighted by atomic mass is 10.1. The lowest BCUT2D eigenvalue weighted by Gasteiger charge is -2.10. The monoisotopic (exact) mass is 436 g/mol. The maximum atomic E-state index is 14.4. The fourth-order valence-corrected chi connectivity index (χ4v) is 3.83. The van der Waals surface area contributed by atoms with Crippen LogP contribution in [0, 0.1) is 5.82 Å². The van der Waals surface area contributed by atoms with Gasteiger partial charge in [-0.3, -0.25) is 9.36 Å². The van der Waals surface area contributed by atoms with E-state index in [1.165, 1.54) is 23.4 Å². The highest BCUT2D eigenvalue weighted by Crippen LogP contribution is 2.27. The van der Waals surface area contributed by atoms with Crippen molar-refractivity contribution >= 4 is 23.4 Å². The van der Waals surface area contributed by atoms with E-state index in [0.29, 0.717) is 28.8 Å². The minimum atomic E-state index is -0.389. The number of amides is 1. The first-order valence-electron chi connectivity index (χ1n) is 9.86. The van der Waals surface area contributed by atoms with Crippen LogP contribution in [0.5, 0.6) is 0 Å². The summed E-state index contributed by atoms with van der Waals surface area (Å²) in [7, 11) is 0. The zero-order chi connectivity index (χ0) is 21.6. The summed E-state index contributed by atoms with van der Waals surface area (Å²) in [5.74, 6) is 0.658. The summed E-state index contributed by atoms with van der Waals surface area (Å²) >= 11 is 1.24. The molecular weight excluding hydrogens is 415 g/mol. The van der Waals surface area contributed by atoms with Crippen molar-refractivity contribution in [2.75, 3.05) is 11.1 Å². The molecule has 0 bridgehead atoms. The van der Waals surface area contributed by atoms with Crippen LogP contribution < -0.4 is 5.32 Å². The van der Waals surface area contributed by atoms with Gasteiger partial charge in [-0.2, -0.15) is 0 Å². The average Bonchev–Trinajstić information content (AvgIpc) is 3.44. The SMILES string of the molecule is CCc1ccc(NC(=O)CSc2nnc(-c3ccccc3F)n2Cc2ccco2)cc1. The predicted octanol–water partition coefficient (Wildman–Crippen LogP) is 5.02. The molecule has 4 aromatic rings. The number of carbonyl (C=O) groups excluding carboxylic acids is 1. The molecule has 1 N–H and O–H groups in total. The van der Waals surface area contributed by atoms with Crippen LogP contribution >= 0.6 is 11.8 Å². The summed E-state index contributed by atoms with van der Waals surface area (Å²) in [5, 5.41) is 11.8. The van der Waals surface area contributed by atoms with Gasteiger partial charge in [0.2, 0.25) is 5.91 Å². The van der Waals surface area contributed by atoms with Crippen molar-refractivity contribution in [3.63, 3.8) is 0 Å². The van der Waals surface area contributed by atoms with Gasteiger partial charge in [-0.25, -0.2) is 4.39 Å². The summed E-state index contributed by atoms with van der Waals surface area (Å²) in [6, 6.07) is 17.8. The first-order valence-corrected chi connectivity index (χ1v) is 10.8. The normalized spacial score (nSPS) is 10.9. The molecule has 158 valence electrons. The zero-order valence-electron chi connectivity index (χ0n) is 16.9. The largest absolute Gasteiger partial charge is 0.467 e. The first-order chi connectivity index (χ1) is 15.1. The summed E-state index contributed by atoms with van der Waals surface area (Å²) in [4.78, 5) is 12.4. The highest BCUT2D eigenvalue weighted by atomic mass is 32.2. The summed E-state index contributed by atoms with van der Waals surface area (Å²) in [6.07, 6.45) is 2.52. The van der Waals surface area contributed by atoms with E-state index in [1.807, 2.05) is 30.3 Å². The molecule has 0 saturated carbocycles. The molecule has 0 aliphatic carbocycles. The third kappa shape index (κ3) is 5.03. The Morgan fingerprint density at radius 3 is 2.61 bits per heavy atom. The van der Waals surface area contributed by atoms with Crippen molar-refractivity contribution in [2.24, 2.45) is 0 Å². The van der Waals surface area contributed by atoms with Crippen molar-refractivity contribution in [3.8, 4) is 11.4 Å². The highest BCUT2D eigenvalue weighted by Gasteiger charge is 2.19. The van der Waals surface area contributed by atoms with Crippen molar-refractivity contribution in [1.29, 1.82) is 0 Å². The number of hydrogen-bond acceptors (Lipinski definition) is 5. The number of nitrogens with zero attached hydrogens (tertiary/aromatic N) is 3. The number of rotatable bonds is 8. The van der Waals surface area contributed by atoms with Gasteiger partial charge in [0.25, 0.3) is 0 Å². The van der Waals surface area contributed by atoms with Gasteiger partial charge in [-0.1, -0.05) is 43.0 Å². The molecule has 0 aliphatic heterocycles. The molecule has 4 rings (SSSR count). The Morgan fingerprint density at radius 1 is 1.10 bits per heavy atom. The van der Waals surface area contributed by atoms with Crippen molar-refractivity contribution in [1.82, 2.24) is 14.8 Å². The van der Waals surface area contributed by atoms with Crippen molar-refractivity contribution < 1.29 is 13.6 Å². The van der Waals surface area contributed by atoms with Crippen LogP contribution in [0.2, 0.25) is 0 Å². The molecule has 0 radical (unpaired) electrons. The average molecular weight is 437 g/mol. The predicted molar refractivity (Wildman–Crippen MR) is 118 cm³/mol. The van der Waals surface area contributed by atoms with Crippen molar-refractivity contribution in [2.45, 2.75) is 25.0 Å². The van der Waals surface area contributed by atoms with Crippen LogP contribution in [0.15, 0.2) is 76.5 Å². The Kier molecular flexibility index (Phi) is 6.47. The van der Waals surface area contributed by atoms with E-state index < -0.39 is 0 Å². The quantitative estimate of drug-likeness (QED) is 0.393. The zero-order valence-corrected chi connectivity index (χ0v) is 17.7. The van der Waals surface area contributed by atoms with Gasteiger partial charge in [-0.15, -0.1) is 10.2 Å². The van der Waals surface area contributed by atoms with Crippen LogP contribution in [0.1, 0.15) is 18.2 Å². The molecule has 8 heteroatoms. The van der Waals surface area contributed by atoms with E-state index in [2.05, 4.69) is 22.4 Å². The number of thioether (sulfide) groups is 1. The second-order valence-corrected chi connectivity index (χ2v) is 7.78. The second kappa shape index (κ2) is 9.61. The lowest BCUT2D eigenvalue weighted by molar-refractivity contribution is -0.113. The van der Waals surface area contributed by atoms with E-state index >= 15 is 0 Å². The maximum absolute atomic E-state index is 14.4. The molecule has 0 unspecified atom stereocenters. The Hall–Kier alpha value is -3.39. The number of furan rings is 1. The van der Waals surface area contributed by atoms with E-state index in [1.54, 1.807) is 35.1 Å². The number of halogens is 1. The standard InChI is InChI=1S/C23H21FN4O2S/c1-2-16-9-11-17(12-10-16)25-21(29)15-31-23-27-26-22(19-7-3-4-8-20(19)24)28(23)14-18-6-5-13-30-18/h3-13H,2,14-15H2,1H3,(H,25,29). The van der Waals surface area contributed by atoms with Gasteiger partial charge >= 0.3 is 0 Å². The Labute approximate surface area is 183 Å². The molecule has 0 saturated heterocycles. The van der Waals surface area contributed by atoms with E-state index in [9.17, 15) is 9.18 Å². The molecule has 2 heterocycles. The molecule has 6 nitrogen and oxygen atoms in total. The fourth-order valence-electron chi connectivity index (χ4n) is 3.09. The Balaban J connectivity index is 1.52. The van der Waals surface area contributed by atoms with Gasteiger partial charge in [0.05, 0.1) is 24.1 Å². The Morgan fingerprint density at radius 2 is 1.90 bits per heavy atom. The number of benzene rings is 2. The van der Waals surface area contributed by atoms with Crippen LogP contribution in [0.3, 0.4) is 0 Å². The third-order valence-corrected chi connectivity index (χ3v) is 5.67. The number of anilines is 1. The maximum Gasteiger partial charge on any atom is 0.234 e. The van der Waals surface area contributed by atoms with Crippen LogP contribution in [0.25, 0.3) is 11.4 Å². The molecule has 1 amide bonds. The second-order valence-electron chi connectivity index (χ2n) is 6.84. The highest BCUT2D eigenvalue weighted by molar-refractivity contribution is 7.99. The van der Waals surface area contributed by atoms with E-state index in [0.717, 1.165) is 12.1 Å². The Bertz CT molecular complexity index is 1160. The molecule has 0 fully saturated rings. The van der Waals surface area contributed by atoms with Crippen LogP contribution in [0.4, 0.5) is 10.1 Å². The number of hydrogen-bond donors (Lipinski definition) is 1. The molecule has 2 aromatic heterocycles. The minimum absolute atomic E-state index is 0.142. The first kappa shape index (κ1) is 20.9. The third-order valence-electron chi connectivity index (χ3n) is 4.70. The summed E-state index contributed by atoms with van der Waals surface area (Å²) in [5.41, 5.74) is 2.29. The minimum Gasteiger partial charge on any atom is -0.467 e.